The first-order valence-electron chi connectivity index (χ1n) is 6.03. The molecule has 0 bridgehead atoms. The largest absolute Gasteiger partial charge is 0.381 e. The fraction of sp³-hybridized carbons (Fsp3) is 0.417. The second kappa shape index (κ2) is 8.63. The van der Waals surface area contributed by atoms with Crippen molar-refractivity contribution in [1.29, 1.82) is 0 Å². The van der Waals surface area contributed by atoms with Crippen molar-refractivity contribution in [3.8, 4) is 0 Å². The summed E-state index contributed by atoms with van der Waals surface area (Å²) in [6.45, 7) is 1.04. The molecule has 0 spiro atoms. The number of carbonyl (C=O) groups excluding carboxylic acids is 1. The zero-order chi connectivity index (χ0) is 15.8. The highest BCUT2D eigenvalue weighted by Gasteiger charge is 2.25. The Morgan fingerprint density at radius 1 is 1.38 bits per heavy atom. The molecule has 0 fully saturated rings. The summed E-state index contributed by atoms with van der Waals surface area (Å²) >= 11 is 3.17. The van der Waals surface area contributed by atoms with Gasteiger partial charge in [-0.05, 0) is 12.5 Å². The Morgan fingerprint density at radius 3 is 2.71 bits per heavy atom. The lowest BCUT2D eigenvalue weighted by Gasteiger charge is -2.07. The Bertz CT molecular complexity index is 528. The second-order valence-corrected chi connectivity index (χ2v) is 4.72. The molecule has 0 aliphatic carbocycles. The Kier molecular flexibility index (Phi) is 7.17. The number of rotatable bonds is 8. The predicted molar refractivity (Wildman–Crippen MR) is 74.6 cm³/mol. The molecule has 1 aromatic rings. The summed E-state index contributed by atoms with van der Waals surface area (Å²) in [4.78, 5) is 21.2. The first-order valence-corrected chi connectivity index (χ1v) is 7.15. The molecule has 1 N–H and O–H groups in total. The van der Waals surface area contributed by atoms with E-state index in [1.54, 1.807) is 0 Å². The van der Waals surface area contributed by atoms with Crippen molar-refractivity contribution in [3.63, 3.8) is 0 Å². The molecule has 1 amide bonds. The number of nitro benzene ring substituents is 1. The van der Waals surface area contributed by atoms with Crippen LogP contribution in [0.15, 0.2) is 12.1 Å². The van der Waals surface area contributed by atoms with Crippen LogP contribution in [0, 0.1) is 21.7 Å². The smallest absolute Gasteiger partial charge is 0.305 e. The molecule has 21 heavy (non-hydrogen) atoms. The molecule has 0 radical (unpaired) electrons. The monoisotopic (exact) mass is 366 g/mol. The van der Waals surface area contributed by atoms with Gasteiger partial charge in [0, 0.05) is 24.5 Å². The Labute approximate surface area is 127 Å². The van der Waals surface area contributed by atoms with Crippen LogP contribution in [0.3, 0.4) is 0 Å². The number of halogens is 3. The van der Waals surface area contributed by atoms with Crippen LogP contribution >= 0.6 is 15.9 Å². The molecule has 9 heteroatoms. The van der Waals surface area contributed by atoms with E-state index in [1.165, 1.54) is 0 Å². The number of hydrogen-bond donors (Lipinski definition) is 1. The quantitative estimate of drug-likeness (QED) is 0.331. The van der Waals surface area contributed by atoms with Gasteiger partial charge in [-0.25, -0.2) is 4.39 Å². The van der Waals surface area contributed by atoms with Crippen LogP contribution in [-0.4, -0.2) is 35.9 Å². The maximum Gasteiger partial charge on any atom is 0.305 e. The van der Waals surface area contributed by atoms with Gasteiger partial charge in [-0.2, -0.15) is 4.39 Å². The van der Waals surface area contributed by atoms with Crippen LogP contribution in [0.1, 0.15) is 16.8 Å². The highest BCUT2D eigenvalue weighted by atomic mass is 79.9. The fourth-order valence-corrected chi connectivity index (χ4v) is 1.74. The van der Waals surface area contributed by atoms with Gasteiger partial charge in [-0.15, -0.1) is 0 Å². The summed E-state index contributed by atoms with van der Waals surface area (Å²) in [5.41, 5.74) is -1.90. The van der Waals surface area contributed by atoms with Gasteiger partial charge in [0.05, 0.1) is 11.5 Å². The topological polar surface area (TPSA) is 81.5 Å². The Balaban J connectivity index is 2.66. The van der Waals surface area contributed by atoms with Crippen LogP contribution in [0.5, 0.6) is 0 Å². The second-order valence-electron chi connectivity index (χ2n) is 3.92. The van der Waals surface area contributed by atoms with E-state index in [-0.39, 0.29) is 6.54 Å². The number of nitrogens with zero attached hydrogens (tertiary/aromatic N) is 1. The summed E-state index contributed by atoms with van der Waals surface area (Å²) in [7, 11) is 0. The molecule has 0 heterocycles. The van der Waals surface area contributed by atoms with E-state index in [0.717, 1.165) is 0 Å². The van der Waals surface area contributed by atoms with E-state index in [0.29, 0.717) is 37.1 Å². The standard InChI is InChI=1S/C12H13BrF2N2O4/c13-4-7-21-6-1-5-16-12(18)10-8(14)2-3-9(11(10)15)17(19)20/h2-3H,1,4-7H2,(H,16,18). The number of alkyl halides is 1. The zero-order valence-corrected chi connectivity index (χ0v) is 12.5. The number of amides is 1. The highest BCUT2D eigenvalue weighted by molar-refractivity contribution is 9.09. The average Bonchev–Trinajstić information content (AvgIpc) is 2.42. The number of ether oxygens (including phenoxy) is 1. The molecular weight excluding hydrogens is 354 g/mol. The number of carbonyl (C=O) groups is 1. The molecule has 0 aromatic heterocycles. The van der Waals surface area contributed by atoms with Gasteiger partial charge in [0.25, 0.3) is 5.91 Å². The van der Waals surface area contributed by atoms with E-state index in [1.807, 2.05) is 0 Å². The van der Waals surface area contributed by atoms with Gasteiger partial charge < -0.3 is 10.1 Å². The summed E-state index contributed by atoms with van der Waals surface area (Å²) in [5, 5.41) is 13.5. The predicted octanol–water partition coefficient (Wildman–Crippen LogP) is 2.40. The maximum atomic E-state index is 13.7. The number of nitro groups is 1. The van der Waals surface area contributed by atoms with Crippen molar-refractivity contribution in [2.45, 2.75) is 6.42 Å². The van der Waals surface area contributed by atoms with Crippen molar-refractivity contribution < 1.29 is 23.2 Å². The van der Waals surface area contributed by atoms with E-state index in [4.69, 9.17) is 4.74 Å². The molecular formula is C12H13BrF2N2O4. The van der Waals surface area contributed by atoms with Gasteiger partial charge in [0.2, 0.25) is 5.82 Å². The lowest BCUT2D eigenvalue weighted by atomic mass is 10.1. The van der Waals surface area contributed by atoms with Gasteiger partial charge in [-0.1, -0.05) is 15.9 Å². The molecule has 1 rings (SSSR count). The average molecular weight is 367 g/mol. The van der Waals surface area contributed by atoms with E-state index in [2.05, 4.69) is 21.2 Å². The van der Waals surface area contributed by atoms with Crippen LogP contribution in [-0.2, 0) is 4.74 Å². The minimum absolute atomic E-state index is 0.142. The molecule has 0 saturated carbocycles. The van der Waals surface area contributed by atoms with Crippen LogP contribution in [0.4, 0.5) is 14.5 Å². The van der Waals surface area contributed by atoms with Gasteiger partial charge in [0.15, 0.2) is 0 Å². The third-order valence-corrected chi connectivity index (χ3v) is 2.79. The lowest BCUT2D eigenvalue weighted by molar-refractivity contribution is -0.387. The molecule has 0 atom stereocenters. The summed E-state index contributed by atoms with van der Waals surface area (Å²) in [5.74, 6) is -3.66. The van der Waals surface area contributed by atoms with Crippen LogP contribution < -0.4 is 5.32 Å². The SMILES string of the molecule is O=C(NCCCOCCBr)c1c(F)ccc([N+](=O)[O-])c1F. The minimum Gasteiger partial charge on any atom is -0.381 e. The third kappa shape index (κ3) is 5.01. The zero-order valence-electron chi connectivity index (χ0n) is 10.9. The third-order valence-electron chi connectivity index (χ3n) is 2.47. The van der Waals surface area contributed by atoms with Crippen LogP contribution in [0.2, 0.25) is 0 Å². The van der Waals surface area contributed by atoms with Gasteiger partial charge >= 0.3 is 5.69 Å². The number of benzene rings is 1. The number of hydrogen-bond acceptors (Lipinski definition) is 4. The molecule has 0 aliphatic heterocycles. The van der Waals surface area contributed by atoms with Crippen molar-refractivity contribution >= 4 is 27.5 Å². The van der Waals surface area contributed by atoms with Crippen molar-refractivity contribution in [2.75, 3.05) is 25.1 Å². The number of nitrogens with one attached hydrogen (secondary N) is 1. The lowest BCUT2D eigenvalue weighted by Crippen LogP contribution is -2.27. The molecule has 6 nitrogen and oxygen atoms in total. The summed E-state index contributed by atoms with van der Waals surface area (Å²) < 4.78 is 32.3. The normalized spacial score (nSPS) is 10.4. The van der Waals surface area contributed by atoms with Gasteiger partial charge in [0.1, 0.15) is 11.4 Å². The molecule has 0 aliphatic rings. The molecule has 0 saturated heterocycles. The molecule has 116 valence electrons. The van der Waals surface area contributed by atoms with E-state index in [9.17, 15) is 23.7 Å². The highest BCUT2D eigenvalue weighted by Crippen LogP contribution is 2.22. The Hall–Kier alpha value is -1.61. The van der Waals surface area contributed by atoms with Crippen molar-refractivity contribution in [3.05, 3.63) is 39.4 Å². The molecule has 0 unspecified atom stereocenters. The van der Waals surface area contributed by atoms with E-state index < -0.39 is 33.7 Å². The summed E-state index contributed by atoms with van der Waals surface area (Å²) in [6.07, 6.45) is 0.455. The van der Waals surface area contributed by atoms with Crippen molar-refractivity contribution in [1.82, 2.24) is 5.32 Å². The first-order chi connectivity index (χ1) is 9.99. The fourth-order valence-electron chi connectivity index (χ4n) is 1.51. The minimum atomic E-state index is -1.48. The van der Waals surface area contributed by atoms with E-state index >= 15 is 0 Å². The first kappa shape index (κ1) is 17.4. The van der Waals surface area contributed by atoms with Gasteiger partial charge in [-0.3, -0.25) is 14.9 Å². The maximum absolute atomic E-state index is 13.7. The van der Waals surface area contributed by atoms with Crippen molar-refractivity contribution in [2.24, 2.45) is 0 Å². The molecule has 1 aromatic carbocycles. The van der Waals surface area contributed by atoms with Crippen LogP contribution in [0.25, 0.3) is 0 Å². The Morgan fingerprint density at radius 2 is 2.10 bits per heavy atom. The summed E-state index contributed by atoms with van der Waals surface area (Å²) in [6, 6.07) is 1.37.